The lowest BCUT2D eigenvalue weighted by atomic mass is 9.90. The summed E-state index contributed by atoms with van der Waals surface area (Å²) in [5, 5.41) is 10.6. The van der Waals surface area contributed by atoms with Crippen LogP contribution in [0.1, 0.15) is 44.9 Å². The fourth-order valence-electron chi connectivity index (χ4n) is 2.14. The number of aliphatic hydroxyl groups excluding tert-OH is 1. The van der Waals surface area contributed by atoms with E-state index in [4.69, 9.17) is 5.11 Å². The smallest absolute Gasteiger partial charge is 0.287 e. The van der Waals surface area contributed by atoms with Gasteiger partial charge in [-0.1, -0.05) is 32.1 Å². The van der Waals surface area contributed by atoms with Crippen LogP contribution in [0.2, 0.25) is 0 Å². The Morgan fingerprint density at radius 3 is 2.24 bits per heavy atom. The first-order valence-corrected chi connectivity index (χ1v) is 6.31. The Balaban J connectivity index is 2.34. The lowest BCUT2D eigenvalue weighted by Crippen LogP contribution is -2.41. The van der Waals surface area contributed by atoms with E-state index in [-0.39, 0.29) is 11.8 Å². The van der Waals surface area contributed by atoms with Crippen LogP contribution in [0.3, 0.4) is 0 Å². The molecule has 3 nitrogen and oxygen atoms in total. The molecule has 0 unspecified atom stereocenters. The molecule has 0 heterocycles. The minimum Gasteiger partial charge on any atom is -0.390 e. The first-order chi connectivity index (χ1) is 8.05. The van der Waals surface area contributed by atoms with Crippen LogP contribution in [0.5, 0.6) is 0 Å². The molecule has 0 aromatic heterocycles. The van der Waals surface area contributed by atoms with Crippen LogP contribution < -0.4 is 5.32 Å². The highest BCUT2D eigenvalue weighted by Gasteiger charge is 2.29. The number of hydrogen-bond donors (Lipinski definition) is 2. The second-order valence-corrected chi connectivity index (χ2v) is 4.77. The normalized spacial score (nSPS) is 19.5. The van der Waals surface area contributed by atoms with Crippen LogP contribution in [0.15, 0.2) is 0 Å². The molecular formula is C12H21F2NO2. The molecule has 1 fully saturated rings. The van der Waals surface area contributed by atoms with Crippen LogP contribution in [-0.2, 0) is 4.79 Å². The molecule has 1 saturated carbocycles. The molecule has 5 heteroatoms. The summed E-state index contributed by atoms with van der Waals surface area (Å²) in [7, 11) is 0. The third-order valence-corrected chi connectivity index (χ3v) is 3.23. The van der Waals surface area contributed by atoms with Gasteiger partial charge < -0.3 is 10.4 Å². The second kappa shape index (κ2) is 6.89. The number of nitrogens with one attached hydrogen (secondary N) is 1. The van der Waals surface area contributed by atoms with Crippen LogP contribution in [0, 0.1) is 5.92 Å². The Hall–Kier alpha value is -0.710. The number of rotatable bonds is 4. The summed E-state index contributed by atoms with van der Waals surface area (Å²) in [6, 6.07) is 0. The molecule has 1 aliphatic rings. The van der Waals surface area contributed by atoms with Crippen molar-refractivity contribution in [3.8, 4) is 0 Å². The quantitative estimate of drug-likeness (QED) is 0.801. The number of amides is 1. The number of aliphatic hydroxyl groups is 1. The molecule has 1 rings (SSSR count). The maximum Gasteiger partial charge on any atom is 0.287 e. The van der Waals surface area contributed by atoms with Crippen molar-refractivity contribution in [1.82, 2.24) is 5.32 Å². The second-order valence-electron chi connectivity index (χ2n) is 4.77. The van der Waals surface area contributed by atoms with Crippen molar-refractivity contribution in [3.05, 3.63) is 0 Å². The predicted octanol–water partition coefficient (Wildman–Crippen LogP) is 2.09. The van der Waals surface area contributed by atoms with Gasteiger partial charge in [-0.15, -0.1) is 0 Å². The molecule has 0 atom stereocenters. The highest BCUT2D eigenvalue weighted by Crippen LogP contribution is 2.22. The fraction of sp³-hybridized carbons (Fsp3) is 0.917. The van der Waals surface area contributed by atoms with Crippen molar-refractivity contribution < 1.29 is 18.7 Å². The Labute approximate surface area is 101 Å². The van der Waals surface area contributed by atoms with Crippen molar-refractivity contribution in [2.24, 2.45) is 5.92 Å². The summed E-state index contributed by atoms with van der Waals surface area (Å²) < 4.78 is 25.5. The Kier molecular flexibility index (Phi) is 5.82. The van der Waals surface area contributed by atoms with Crippen molar-refractivity contribution in [2.45, 2.75) is 50.9 Å². The number of carbonyl (C=O) groups is 1. The minimum atomic E-state index is -3.21. The van der Waals surface area contributed by atoms with Gasteiger partial charge in [-0.05, 0) is 12.8 Å². The van der Waals surface area contributed by atoms with Crippen LogP contribution >= 0.6 is 0 Å². The molecule has 0 saturated heterocycles. The van der Waals surface area contributed by atoms with Gasteiger partial charge in [0.05, 0.1) is 6.54 Å². The van der Waals surface area contributed by atoms with E-state index in [0.29, 0.717) is 0 Å². The van der Waals surface area contributed by atoms with Crippen LogP contribution in [0.4, 0.5) is 8.78 Å². The number of carbonyl (C=O) groups excluding carboxylic acids is 1. The monoisotopic (exact) mass is 249 g/mol. The maximum absolute atomic E-state index is 12.8. The van der Waals surface area contributed by atoms with Gasteiger partial charge in [-0.2, -0.15) is 0 Å². The van der Waals surface area contributed by atoms with Crippen LogP contribution in [-0.4, -0.2) is 30.1 Å². The van der Waals surface area contributed by atoms with Crippen molar-refractivity contribution in [3.63, 3.8) is 0 Å². The summed E-state index contributed by atoms with van der Waals surface area (Å²) >= 11 is 0. The largest absolute Gasteiger partial charge is 0.390 e. The van der Waals surface area contributed by atoms with Gasteiger partial charge in [-0.25, -0.2) is 8.78 Å². The first-order valence-electron chi connectivity index (χ1n) is 6.31. The molecule has 0 bridgehead atoms. The van der Waals surface area contributed by atoms with E-state index in [1.54, 1.807) is 0 Å². The van der Waals surface area contributed by atoms with E-state index < -0.39 is 19.1 Å². The van der Waals surface area contributed by atoms with Gasteiger partial charge in [0.2, 0.25) is 5.91 Å². The molecular weight excluding hydrogens is 228 g/mol. The third-order valence-electron chi connectivity index (χ3n) is 3.23. The topological polar surface area (TPSA) is 49.3 Å². The summed E-state index contributed by atoms with van der Waals surface area (Å²) in [4.78, 5) is 11.7. The first kappa shape index (κ1) is 14.4. The van der Waals surface area contributed by atoms with E-state index in [0.717, 1.165) is 38.5 Å². The average molecular weight is 249 g/mol. The highest BCUT2D eigenvalue weighted by molar-refractivity contribution is 5.78. The molecule has 0 aromatic carbocycles. The van der Waals surface area contributed by atoms with E-state index in [1.165, 1.54) is 6.42 Å². The van der Waals surface area contributed by atoms with Crippen molar-refractivity contribution >= 4 is 5.91 Å². The van der Waals surface area contributed by atoms with E-state index in [1.807, 2.05) is 0 Å². The molecule has 100 valence electrons. The zero-order valence-electron chi connectivity index (χ0n) is 10.1. The Bertz CT molecular complexity index is 239. The minimum absolute atomic E-state index is 0.134. The average Bonchev–Trinajstić information content (AvgIpc) is 2.26. The Morgan fingerprint density at radius 1 is 1.18 bits per heavy atom. The molecule has 1 aliphatic carbocycles. The summed E-state index contributed by atoms with van der Waals surface area (Å²) in [5.41, 5.74) is 0. The summed E-state index contributed by atoms with van der Waals surface area (Å²) in [5.74, 6) is -3.64. The van der Waals surface area contributed by atoms with Gasteiger partial charge in [0, 0.05) is 5.92 Å². The highest BCUT2D eigenvalue weighted by atomic mass is 19.3. The van der Waals surface area contributed by atoms with E-state index >= 15 is 0 Å². The van der Waals surface area contributed by atoms with Gasteiger partial charge in [0.15, 0.2) is 0 Å². The molecule has 2 N–H and O–H groups in total. The zero-order chi connectivity index (χ0) is 12.7. The molecule has 0 spiro atoms. The maximum atomic E-state index is 12.8. The zero-order valence-corrected chi connectivity index (χ0v) is 10.1. The molecule has 0 aliphatic heterocycles. The van der Waals surface area contributed by atoms with Crippen molar-refractivity contribution in [2.75, 3.05) is 13.2 Å². The number of halogens is 2. The van der Waals surface area contributed by atoms with Gasteiger partial charge in [0.25, 0.3) is 5.92 Å². The molecule has 1 amide bonds. The fourth-order valence-corrected chi connectivity index (χ4v) is 2.14. The number of hydrogen-bond acceptors (Lipinski definition) is 2. The summed E-state index contributed by atoms with van der Waals surface area (Å²) in [6.07, 6.45) is 7.01. The lowest BCUT2D eigenvalue weighted by molar-refractivity contribution is -0.128. The Morgan fingerprint density at radius 2 is 1.71 bits per heavy atom. The molecule has 0 aromatic rings. The van der Waals surface area contributed by atoms with E-state index in [9.17, 15) is 13.6 Å². The number of alkyl halides is 2. The van der Waals surface area contributed by atoms with Gasteiger partial charge >= 0.3 is 0 Å². The van der Waals surface area contributed by atoms with Crippen LogP contribution in [0.25, 0.3) is 0 Å². The van der Waals surface area contributed by atoms with Crippen molar-refractivity contribution in [1.29, 1.82) is 0 Å². The third kappa shape index (κ3) is 5.44. The van der Waals surface area contributed by atoms with E-state index in [2.05, 4.69) is 5.32 Å². The molecule has 17 heavy (non-hydrogen) atoms. The van der Waals surface area contributed by atoms with Gasteiger partial charge in [0.1, 0.15) is 6.61 Å². The lowest BCUT2D eigenvalue weighted by Gasteiger charge is -2.21. The molecule has 0 radical (unpaired) electrons. The summed E-state index contributed by atoms with van der Waals surface area (Å²) in [6.45, 7) is -1.99. The predicted molar refractivity (Wildman–Crippen MR) is 60.9 cm³/mol. The van der Waals surface area contributed by atoms with Gasteiger partial charge in [-0.3, -0.25) is 4.79 Å². The standard InChI is InChI=1S/C12H21F2NO2/c13-12(14,9-16)8-15-11(17)10-6-4-2-1-3-5-7-10/h10,16H,1-9H2,(H,15,17). The SMILES string of the molecule is O=C(NCC(F)(F)CO)C1CCCCCCC1.